The second-order valence-electron chi connectivity index (χ2n) is 9.25. The summed E-state index contributed by atoms with van der Waals surface area (Å²) >= 11 is 0. The lowest BCUT2D eigenvalue weighted by molar-refractivity contribution is -0.143. The predicted molar refractivity (Wildman–Crippen MR) is 137 cm³/mol. The van der Waals surface area contributed by atoms with E-state index in [0.29, 0.717) is 29.8 Å². The van der Waals surface area contributed by atoms with E-state index in [4.69, 9.17) is 15.2 Å². The zero-order valence-corrected chi connectivity index (χ0v) is 21.0. The molecule has 210 valence electrons. The molecule has 3 aromatic heterocycles. The van der Waals surface area contributed by atoms with Crippen LogP contribution >= 0.6 is 0 Å². The third-order valence-electron chi connectivity index (χ3n) is 6.67. The van der Waals surface area contributed by atoms with Crippen LogP contribution in [0.5, 0.6) is 11.5 Å². The smallest absolute Gasteiger partial charge is 0.434 e. The van der Waals surface area contributed by atoms with Gasteiger partial charge < -0.3 is 15.2 Å². The van der Waals surface area contributed by atoms with E-state index in [0.717, 1.165) is 6.07 Å². The van der Waals surface area contributed by atoms with Crippen molar-refractivity contribution >= 4 is 17.1 Å². The average molecular weight is 568 g/mol. The maximum Gasteiger partial charge on any atom is 0.434 e. The molecule has 1 fully saturated rings. The minimum atomic E-state index is -5.00. The predicted octanol–water partition coefficient (Wildman–Crippen LogP) is 4.59. The van der Waals surface area contributed by atoms with Gasteiger partial charge in [0.05, 0.1) is 23.9 Å². The molecule has 0 radical (unpaired) electrons. The number of primary amides is 1. The lowest BCUT2D eigenvalue weighted by Gasteiger charge is -2.13. The number of benzene rings is 2. The first kappa shape index (κ1) is 26.3. The van der Waals surface area contributed by atoms with Gasteiger partial charge in [-0.1, -0.05) is 18.2 Å². The summed E-state index contributed by atoms with van der Waals surface area (Å²) in [5, 5.41) is 4.02. The number of pyridine rings is 1. The van der Waals surface area contributed by atoms with Gasteiger partial charge in [-0.2, -0.15) is 18.3 Å². The average Bonchev–Trinajstić information content (AvgIpc) is 3.67. The number of para-hydroxylation sites is 1. The Labute approximate surface area is 227 Å². The molecule has 14 heteroatoms. The van der Waals surface area contributed by atoms with E-state index in [-0.39, 0.29) is 34.4 Å². The zero-order chi connectivity index (χ0) is 28.9. The van der Waals surface area contributed by atoms with Crippen LogP contribution in [-0.2, 0) is 10.9 Å². The van der Waals surface area contributed by atoms with Crippen molar-refractivity contribution < 1.29 is 31.8 Å². The summed E-state index contributed by atoms with van der Waals surface area (Å²) in [5.41, 5.74) is 2.64. The fraction of sp³-hybridized carbons (Fsp3) is 0.185. The van der Waals surface area contributed by atoms with Crippen LogP contribution in [0, 0.1) is 5.82 Å². The number of imidazole rings is 1. The molecule has 2 aromatic carbocycles. The monoisotopic (exact) mass is 568 g/mol. The van der Waals surface area contributed by atoms with Crippen LogP contribution < -0.4 is 16.2 Å². The number of nitrogens with one attached hydrogen (secondary N) is 1. The number of aromatic nitrogens is 5. The summed E-state index contributed by atoms with van der Waals surface area (Å²) in [4.78, 5) is 31.7. The molecule has 1 atom stereocenters. The van der Waals surface area contributed by atoms with E-state index in [2.05, 4.69) is 15.1 Å². The van der Waals surface area contributed by atoms with Crippen molar-refractivity contribution in [3.63, 3.8) is 0 Å². The number of carbonyl (C=O) groups excluding carboxylic acids is 1. The Balaban J connectivity index is 1.43. The van der Waals surface area contributed by atoms with E-state index >= 15 is 4.39 Å². The van der Waals surface area contributed by atoms with Crippen LogP contribution in [0.15, 0.2) is 65.6 Å². The van der Waals surface area contributed by atoms with Crippen molar-refractivity contribution in [2.75, 3.05) is 13.2 Å². The van der Waals surface area contributed by atoms with E-state index in [9.17, 15) is 22.8 Å². The first-order valence-electron chi connectivity index (χ1n) is 12.3. The third-order valence-corrected chi connectivity index (χ3v) is 6.67. The van der Waals surface area contributed by atoms with E-state index < -0.39 is 40.5 Å². The van der Waals surface area contributed by atoms with E-state index in [1.54, 1.807) is 6.07 Å². The number of nitrogens with two attached hydrogens (primary N) is 1. The van der Waals surface area contributed by atoms with E-state index in [1.165, 1.54) is 53.2 Å². The van der Waals surface area contributed by atoms with Crippen LogP contribution in [0.4, 0.5) is 17.6 Å². The molecule has 10 nitrogen and oxygen atoms in total. The number of rotatable bonds is 6. The highest BCUT2D eigenvalue weighted by molar-refractivity contribution is 6.00. The maximum atomic E-state index is 15.4. The number of ether oxygens (including phenoxy) is 2. The summed E-state index contributed by atoms with van der Waals surface area (Å²) in [5.74, 6) is -2.50. The Morgan fingerprint density at radius 3 is 2.56 bits per heavy atom. The van der Waals surface area contributed by atoms with Crippen molar-refractivity contribution in [3.05, 3.63) is 88.4 Å². The molecule has 0 spiro atoms. The summed E-state index contributed by atoms with van der Waals surface area (Å²) < 4.78 is 71.1. The van der Waals surface area contributed by atoms with Gasteiger partial charge >= 0.3 is 11.9 Å². The van der Waals surface area contributed by atoms with Crippen LogP contribution in [0.2, 0.25) is 0 Å². The zero-order valence-electron chi connectivity index (χ0n) is 21.0. The highest BCUT2D eigenvalue weighted by atomic mass is 19.4. The molecule has 0 aliphatic carbocycles. The quantitative estimate of drug-likeness (QED) is 0.288. The van der Waals surface area contributed by atoms with Gasteiger partial charge in [-0.15, -0.1) is 0 Å². The molecule has 1 unspecified atom stereocenters. The Hall–Kier alpha value is -4.98. The van der Waals surface area contributed by atoms with Crippen molar-refractivity contribution in [2.45, 2.75) is 18.6 Å². The van der Waals surface area contributed by atoms with Gasteiger partial charge in [0.1, 0.15) is 11.2 Å². The number of hydrogen-bond acceptors (Lipinski definition) is 6. The summed E-state index contributed by atoms with van der Waals surface area (Å²) in [6, 6.07) is 11.9. The summed E-state index contributed by atoms with van der Waals surface area (Å²) in [6.07, 6.45) is -3.04. The molecule has 5 aromatic rings. The second kappa shape index (κ2) is 9.89. The van der Waals surface area contributed by atoms with Crippen LogP contribution in [-0.4, -0.2) is 43.4 Å². The van der Waals surface area contributed by atoms with Crippen molar-refractivity contribution in [3.8, 4) is 28.4 Å². The number of halogens is 4. The first-order chi connectivity index (χ1) is 19.6. The standard InChI is InChI=1S/C27H20F4N6O4/c28-17-12-14(21-20(24(32)38)23(27(29,30)31)37(35-21)15-4-2-1-3-5-15)6-7-18(17)41-19-8-10-33-25-22(19)36(26(39)34-25)16-9-11-40-13-16/h1-8,10,12,16H,9,11,13H2,(H2,32,38)(H,33,34,39). The van der Waals surface area contributed by atoms with Gasteiger partial charge in [-0.3, -0.25) is 14.3 Å². The minimum absolute atomic E-state index is 0.0286. The molecule has 1 aliphatic rings. The van der Waals surface area contributed by atoms with Gasteiger partial charge in [0.2, 0.25) is 0 Å². The molecule has 1 aliphatic heterocycles. The van der Waals surface area contributed by atoms with Crippen LogP contribution in [0.3, 0.4) is 0 Å². The number of aromatic amines is 1. The van der Waals surface area contributed by atoms with Gasteiger partial charge in [0.15, 0.2) is 28.7 Å². The van der Waals surface area contributed by atoms with Gasteiger partial charge in [-0.25, -0.2) is 18.9 Å². The number of H-pyrrole nitrogens is 1. The molecule has 4 heterocycles. The normalized spacial score (nSPS) is 15.5. The van der Waals surface area contributed by atoms with Crippen molar-refractivity contribution in [1.29, 1.82) is 0 Å². The Kier molecular flexibility index (Phi) is 6.33. The minimum Gasteiger partial charge on any atom is -0.452 e. The number of fused-ring (bicyclic) bond motifs is 1. The first-order valence-corrected chi connectivity index (χ1v) is 12.3. The highest BCUT2D eigenvalue weighted by Gasteiger charge is 2.42. The fourth-order valence-corrected chi connectivity index (χ4v) is 4.90. The fourth-order valence-electron chi connectivity index (χ4n) is 4.90. The number of nitrogens with zero attached hydrogens (tertiary/aromatic N) is 4. The highest BCUT2D eigenvalue weighted by Crippen LogP contribution is 2.39. The Morgan fingerprint density at radius 1 is 1.12 bits per heavy atom. The molecular weight excluding hydrogens is 548 g/mol. The van der Waals surface area contributed by atoms with Gasteiger partial charge in [0, 0.05) is 24.4 Å². The Bertz CT molecular complexity index is 1840. The SMILES string of the molecule is NC(=O)c1c(-c2ccc(Oc3ccnc4[nH]c(=O)n(C5CCOC5)c34)c(F)c2)nn(-c2ccccc2)c1C(F)(F)F. The van der Waals surface area contributed by atoms with Crippen molar-refractivity contribution in [2.24, 2.45) is 5.73 Å². The van der Waals surface area contributed by atoms with E-state index in [1.807, 2.05) is 0 Å². The topological polar surface area (TPSA) is 130 Å². The number of hydrogen-bond donors (Lipinski definition) is 2. The molecule has 0 saturated carbocycles. The van der Waals surface area contributed by atoms with Gasteiger partial charge in [0.25, 0.3) is 5.91 Å². The van der Waals surface area contributed by atoms with Gasteiger partial charge in [-0.05, 0) is 36.8 Å². The third kappa shape index (κ3) is 4.61. The molecular formula is C27H20F4N6O4. The maximum absolute atomic E-state index is 15.4. The summed E-state index contributed by atoms with van der Waals surface area (Å²) in [6.45, 7) is 0.779. The number of amides is 1. The molecule has 41 heavy (non-hydrogen) atoms. The summed E-state index contributed by atoms with van der Waals surface area (Å²) in [7, 11) is 0. The van der Waals surface area contributed by atoms with Crippen molar-refractivity contribution in [1.82, 2.24) is 24.3 Å². The lowest BCUT2D eigenvalue weighted by atomic mass is 10.0. The lowest BCUT2D eigenvalue weighted by Crippen LogP contribution is -2.22. The largest absolute Gasteiger partial charge is 0.452 e. The molecule has 6 rings (SSSR count). The molecule has 1 saturated heterocycles. The second-order valence-corrected chi connectivity index (χ2v) is 9.25. The van der Waals surface area contributed by atoms with Crippen LogP contribution in [0.1, 0.15) is 28.5 Å². The van der Waals surface area contributed by atoms with Crippen LogP contribution in [0.25, 0.3) is 28.1 Å². The number of alkyl halides is 3. The Morgan fingerprint density at radius 2 is 1.90 bits per heavy atom. The molecule has 0 bridgehead atoms. The molecule has 1 amide bonds. The number of carbonyl (C=O) groups is 1. The molecule has 3 N–H and O–H groups in total.